The van der Waals surface area contributed by atoms with Gasteiger partial charge in [-0.1, -0.05) is 12.1 Å². The zero-order valence-electron chi connectivity index (χ0n) is 11.5. The number of rotatable bonds is 4. The molecule has 2 N–H and O–H groups in total. The lowest BCUT2D eigenvalue weighted by Gasteiger charge is -2.17. The van der Waals surface area contributed by atoms with E-state index in [-0.39, 0.29) is 24.0 Å². The first-order valence-corrected chi connectivity index (χ1v) is 6.54. The molecule has 0 aliphatic carbocycles. The van der Waals surface area contributed by atoms with Crippen molar-refractivity contribution in [2.45, 2.75) is 26.8 Å². The third kappa shape index (κ3) is 4.89. The number of nitrogens with one attached hydrogen (secondary N) is 2. The van der Waals surface area contributed by atoms with Gasteiger partial charge in [-0.15, -0.1) is 24.0 Å². The summed E-state index contributed by atoms with van der Waals surface area (Å²) in [5, 5.41) is 6.57. The van der Waals surface area contributed by atoms with Crippen LogP contribution in [-0.2, 0) is 6.54 Å². The summed E-state index contributed by atoms with van der Waals surface area (Å²) in [6, 6.07) is 6.29. The molecule has 0 atom stereocenters. The van der Waals surface area contributed by atoms with Crippen LogP contribution >= 0.6 is 24.0 Å². The van der Waals surface area contributed by atoms with Crippen molar-refractivity contribution in [3.05, 3.63) is 29.3 Å². The van der Waals surface area contributed by atoms with Crippen molar-refractivity contribution < 1.29 is 4.74 Å². The minimum absolute atomic E-state index is 0. The van der Waals surface area contributed by atoms with Crippen molar-refractivity contribution >= 4 is 29.9 Å². The van der Waals surface area contributed by atoms with Crippen molar-refractivity contribution in [1.82, 2.24) is 10.6 Å². The Labute approximate surface area is 132 Å². The molecule has 0 amide bonds. The van der Waals surface area contributed by atoms with E-state index < -0.39 is 0 Å². The van der Waals surface area contributed by atoms with Crippen LogP contribution in [0.4, 0.5) is 0 Å². The molecule has 0 unspecified atom stereocenters. The molecule has 4 nitrogen and oxygen atoms in total. The number of aliphatic imine (C=N–C) groups is 1. The summed E-state index contributed by atoms with van der Waals surface area (Å²) < 4.78 is 5.66. The molecule has 0 aromatic heterocycles. The molecule has 19 heavy (non-hydrogen) atoms. The number of nitrogens with zero attached hydrogens (tertiary/aromatic N) is 1. The highest BCUT2D eigenvalue weighted by Crippen LogP contribution is 2.20. The van der Waals surface area contributed by atoms with Crippen LogP contribution in [-0.4, -0.2) is 25.7 Å². The molecule has 0 spiro atoms. The van der Waals surface area contributed by atoms with Gasteiger partial charge in [0.25, 0.3) is 0 Å². The Morgan fingerprint density at radius 2 is 2.26 bits per heavy atom. The standard InChI is InChI=1S/C14H21N3O.HI/c1-3-18-13-9-11(2)5-6-12(13)10-17-14-15-7-4-8-16-14;/h5-6,9H,3-4,7-8,10H2,1-2H3,(H2,15,16,17);1H. The maximum Gasteiger partial charge on any atom is 0.191 e. The van der Waals surface area contributed by atoms with Crippen LogP contribution in [0.15, 0.2) is 23.2 Å². The minimum Gasteiger partial charge on any atom is -0.494 e. The number of benzene rings is 1. The van der Waals surface area contributed by atoms with Crippen molar-refractivity contribution in [3.8, 4) is 5.75 Å². The summed E-state index contributed by atoms with van der Waals surface area (Å²) in [5.74, 6) is 1.85. The molecule has 0 saturated heterocycles. The minimum atomic E-state index is 0. The van der Waals surface area contributed by atoms with Crippen LogP contribution in [0, 0.1) is 6.92 Å². The van der Waals surface area contributed by atoms with E-state index in [1.165, 1.54) is 5.56 Å². The lowest BCUT2D eigenvalue weighted by atomic mass is 10.1. The van der Waals surface area contributed by atoms with Crippen LogP contribution in [0.3, 0.4) is 0 Å². The fourth-order valence-electron chi connectivity index (χ4n) is 1.93. The predicted molar refractivity (Wildman–Crippen MR) is 89.5 cm³/mol. The zero-order valence-corrected chi connectivity index (χ0v) is 13.9. The van der Waals surface area contributed by atoms with Gasteiger partial charge in [0.1, 0.15) is 5.75 Å². The Hall–Kier alpha value is -0.980. The topological polar surface area (TPSA) is 45.6 Å². The van der Waals surface area contributed by atoms with E-state index in [2.05, 4.69) is 40.7 Å². The average Bonchev–Trinajstić information content (AvgIpc) is 2.39. The van der Waals surface area contributed by atoms with Crippen LogP contribution in [0.1, 0.15) is 24.5 Å². The van der Waals surface area contributed by atoms with E-state index in [9.17, 15) is 0 Å². The first kappa shape index (κ1) is 16.1. The van der Waals surface area contributed by atoms with E-state index >= 15 is 0 Å². The van der Waals surface area contributed by atoms with E-state index in [0.29, 0.717) is 6.61 Å². The van der Waals surface area contributed by atoms with E-state index in [1.54, 1.807) is 0 Å². The smallest absolute Gasteiger partial charge is 0.191 e. The Balaban J connectivity index is 0.00000180. The lowest BCUT2D eigenvalue weighted by molar-refractivity contribution is 0.336. The molecule has 0 radical (unpaired) electrons. The largest absolute Gasteiger partial charge is 0.494 e. The summed E-state index contributed by atoms with van der Waals surface area (Å²) in [6.07, 6.45) is 1.11. The summed E-state index contributed by atoms with van der Waals surface area (Å²) in [5.41, 5.74) is 2.38. The normalized spacial score (nSPS) is 13.9. The van der Waals surface area contributed by atoms with Gasteiger partial charge < -0.3 is 15.4 Å². The van der Waals surface area contributed by atoms with E-state index in [4.69, 9.17) is 4.74 Å². The quantitative estimate of drug-likeness (QED) is 0.795. The summed E-state index contributed by atoms with van der Waals surface area (Å²) >= 11 is 0. The Morgan fingerprint density at radius 3 is 2.95 bits per heavy atom. The van der Waals surface area contributed by atoms with Gasteiger partial charge in [-0.2, -0.15) is 0 Å². The fraction of sp³-hybridized carbons (Fsp3) is 0.500. The first-order valence-electron chi connectivity index (χ1n) is 6.54. The molecular weight excluding hydrogens is 353 g/mol. The number of guanidine groups is 1. The second-order valence-corrected chi connectivity index (χ2v) is 4.41. The summed E-state index contributed by atoms with van der Waals surface area (Å²) in [4.78, 5) is 4.39. The second kappa shape index (κ2) is 8.24. The predicted octanol–water partition coefficient (Wildman–Crippen LogP) is 2.45. The van der Waals surface area contributed by atoms with Gasteiger partial charge in [0.05, 0.1) is 6.61 Å². The van der Waals surface area contributed by atoms with E-state index in [0.717, 1.165) is 43.3 Å². The highest BCUT2D eigenvalue weighted by Gasteiger charge is 2.07. The van der Waals surface area contributed by atoms with Gasteiger partial charge in [-0.3, -0.25) is 4.99 Å². The van der Waals surface area contributed by atoms with Gasteiger partial charge in [0.2, 0.25) is 0 Å². The molecule has 1 heterocycles. The molecule has 1 aromatic carbocycles. The molecule has 0 fully saturated rings. The van der Waals surface area contributed by atoms with Crippen molar-refractivity contribution in [1.29, 1.82) is 0 Å². The molecule has 0 bridgehead atoms. The van der Waals surface area contributed by atoms with Crippen molar-refractivity contribution in [2.75, 3.05) is 19.7 Å². The number of hydrogen-bond acceptors (Lipinski definition) is 4. The second-order valence-electron chi connectivity index (χ2n) is 4.41. The third-order valence-corrected chi connectivity index (χ3v) is 2.87. The maximum absolute atomic E-state index is 5.66. The molecule has 2 rings (SSSR count). The first-order chi connectivity index (χ1) is 8.79. The molecule has 0 saturated carbocycles. The fourth-order valence-corrected chi connectivity index (χ4v) is 1.93. The van der Waals surface area contributed by atoms with Crippen molar-refractivity contribution in [3.63, 3.8) is 0 Å². The SMILES string of the molecule is CCOc1cc(C)ccc1CNC1=NCCCN1.I. The Bertz CT molecular complexity index is 435. The Kier molecular flexibility index (Phi) is 6.97. The highest BCUT2D eigenvalue weighted by molar-refractivity contribution is 14.0. The molecule has 5 heteroatoms. The zero-order chi connectivity index (χ0) is 12.8. The van der Waals surface area contributed by atoms with Gasteiger partial charge in [-0.05, 0) is 31.9 Å². The molecule has 1 aliphatic heterocycles. The summed E-state index contributed by atoms with van der Waals surface area (Å²) in [7, 11) is 0. The van der Waals surface area contributed by atoms with Crippen LogP contribution in [0.5, 0.6) is 5.75 Å². The Morgan fingerprint density at radius 1 is 1.42 bits per heavy atom. The van der Waals surface area contributed by atoms with Gasteiger partial charge >= 0.3 is 0 Å². The number of ether oxygens (including phenoxy) is 1. The molecule has 1 aromatic rings. The van der Waals surface area contributed by atoms with Crippen molar-refractivity contribution in [2.24, 2.45) is 4.99 Å². The van der Waals surface area contributed by atoms with Gasteiger partial charge in [0, 0.05) is 25.2 Å². The van der Waals surface area contributed by atoms with Gasteiger partial charge in [-0.25, -0.2) is 0 Å². The number of hydrogen-bond donors (Lipinski definition) is 2. The average molecular weight is 375 g/mol. The van der Waals surface area contributed by atoms with Gasteiger partial charge in [0.15, 0.2) is 5.96 Å². The molecule has 1 aliphatic rings. The monoisotopic (exact) mass is 375 g/mol. The van der Waals surface area contributed by atoms with Crippen LogP contribution in [0.2, 0.25) is 0 Å². The van der Waals surface area contributed by atoms with E-state index in [1.807, 2.05) is 6.92 Å². The summed E-state index contributed by atoms with van der Waals surface area (Å²) in [6.45, 7) is 7.41. The maximum atomic E-state index is 5.66. The third-order valence-electron chi connectivity index (χ3n) is 2.87. The number of halogens is 1. The number of aryl methyl sites for hydroxylation is 1. The van der Waals surface area contributed by atoms with Crippen LogP contribution in [0.25, 0.3) is 0 Å². The lowest BCUT2D eigenvalue weighted by Crippen LogP contribution is -2.40. The van der Waals surface area contributed by atoms with Crippen LogP contribution < -0.4 is 15.4 Å². The molecule has 106 valence electrons. The highest BCUT2D eigenvalue weighted by atomic mass is 127. The molecular formula is C14H22IN3O.